The van der Waals surface area contributed by atoms with E-state index >= 15 is 0 Å². The topological polar surface area (TPSA) is 71.2 Å². The molecule has 2 aromatic rings. The van der Waals surface area contributed by atoms with Crippen LogP contribution in [0.4, 0.5) is 0 Å². The molecule has 5 nitrogen and oxygen atoms in total. The highest BCUT2D eigenvalue weighted by Crippen LogP contribution is 2.21. The molecule has 0 aliphatic rings. The van der Waals surface area contributed by atoms with Crippen LogP contribution in [0, 0.1) is 0 Å². The maximum absolute atomic E-state index is 12.1. The summed E-state index contributed by atoms with van der Waals surface area (Å²) in [6.07, 6.45) is 0. The van der Waals surface area contributed by atoms with E-state index in [1.54, 1.807) is 0 Å². The number of benzene rings is 1. The number of carbonyl (C=O) groups is 1. The minimum absolute atomic E-state index is 0.130. The van der Waals surface area contributed by atoms with Gasteiger partial charge in [0.2, 0.25) is 0 Å². The standard InChI is InChI=1S/C11H12N4OS2/c1-2-15(11(12)17)13-10(16)9-7-5-3-4-6-8(7)18-14-9/h3-6H,2H2,1H3,(H2,12,17)(H,13,16). The summed E-state index contributed by atoms with van der Waals surface area (Å²) in [5.41, 5.74) is 8.51. The minimum atomic E-state index is -0.304. The van der Waals surface area contributed by atoms with Crippen LogP contribution in [0.2, 0.25) is 0 Å². The van der Waals surface area contributed by atoms with Crippen LogP contribution in [-0.2, 0) is 0 Å². The average Bonchev–Trinajstić information content (AvgIpc) is 2.79. The lowest BCUT2D eigenvalue weighted by molar-refractivity contribution is 0.0872. The summed E-state index contributed by atoms with van der Waals surface area (Å²) < 4.78 is 5.13. The SMILES string of the molecule is CCN(NC(=O)c1nsc2ccccc12)C(N)=S. The van der Waals surface area contributed by atoms with Crippen molar-refractivity contribution in [1.29, 1.82) is 0 Å². The Morgan fingerprint density at radius 2 is 2.28 bits per heavy atom. The predicted molar refractivity (Wildman–Crippen MR) is 76.3 cm³/mol. The van der Waals surface area contributed by atoms with Gasteiger partial charge in [-0.05, 0) is 36.7 Å². The Labute approximate surface area is 114 Å². The van der Waals surface area contributed by atoms with Crippen molar-refractivity contribution in [1.82, 2.24) is 14.8 Å². The minimum Gasteiger partial charge on any atom is -0.375 e. The van der Waals surface area contributed by atoms with Gasteiger partial charge in [-0.1, -0.05) is 18.2 Å². The van der Waals surface area contributed by atoms with E-state index in [9.17, 15) is 4.79 Å². The highest BCUT2D eigenvalue weighted by atomic mass is 32.1. The monoisotopic (exact) mass is 280 g/mol. The van der Waals surface area contributed by atoms with Crippen LogP contribution in [0.3, 0.4) is 0 Å². The van der Waals surface area contributed by atoms with Crippen LogP contribution in [0.15, 0.2) is 24.3 Å². The quantitative estimate of drug-likeness (QED) is 0.644. The Bertz CT molecular complexity index is 595. The zero-order valence-electron chi connectivity index (χ0n) is 9.71. The number of nitrogens with two attached hydrogens (primary N) is 1. The fourth-order valence-corrected chi connectivity index (χ4v) is 2.46. The molecule has 0 aliphatic heterocycles. The van der Waals surface area contributed by atoms with E-state index < -0.39 is 0 Å². The Kier molecular flexibility index (Phi) is 3.73. The van der Waals surface area contributed by atoms with Crippen LogP contribution in [0.25, 0.3) is 10.1 Å². The van der Waals surface area contributed by atoms with Crippen molar-refractivity contribution in [3.8, 4) is 0 Å². The Morgan fingerprint density at radius 3 is 2.94 bits per heavy atom. The van der Waals surface area contributed by atoms with Crippen LogP contribution in [-0.4, -0.2) is 26.9 Å². The number of fused-ring (bicyclic) bond motifs is 1. The van der Waals surface area contributed by atoms with Crippen molar-refractivity contribution >= 4 is 44.9 Å². The molecule has 0 unspecified atom stereocenters. The molecule has 0 fully saturated rings. The lowest BCUT2D eigenvalue weighted by Gasteiger charge is -2.20. The van der Waals surface area contributed by atoms with E-state index in [2.05, 4.69) is 9.80 Å². The summed E-state index contributed by atoms with van der Waals surface area (Å²) in [6.45, 7) is 2.35. The Hall–Kier alpha value is -1.73. The third-order valence-corrected chi connectivity index (χ3v) is 3.46. The number of hydrazine groups is 1. The van der Waals surface area contributed by atoms with E-state index in [1.807, 2.05) is 31.2 Å². The molecule has 1 aromatic carbocycles. The van der Waals surface area contributed by atoms with Crippen LogP contribution >= 0.6 is 23.8 Å². The summed E-state index contributed by atoms with van der Waals surface area (Å²) in [4.78, 5) is 12.1. The van der Waals surface area contributed by atoms with Crippen molar-refractivity contribution in [2.24, 2.45) is 5.73 Å². The van der Waals surface area contributed by atoms with Gasteiger partial charge in [-0.15, -0.1) is 0 Å². The number of carbonyl (C=O) groups excluding carboxylic acids is 1. The van der Waals surface area contributed by atoms with Gasteiger partial charge >= 0.3 is 0 Å². The molecule has 0 saturated carbocycles. The molecule has 0 spiro atoms. The number of nitrogens with one attached hydrogen (secondary N) is 1. The van der Waals surface area contributed by atoms with Gasteiger partial charge in [-0.3, -0.25) is 15.2 Å². The molecule has 0 radical (unpaired) electrons. The molecular formula is C11H12N4OS2. The van der Waals surface area contributed by atoms with Crippen LogP contribution in [0.1, 0.15) is 17.4 Å². The van der Waals surface area contributed by atoms with E-state index in [4.69, 9.17) is 18.0 Å². The first-order valence-electron chi connectivity index (χ1n) is 5.36. The second-order valence-corrected chi connectivity index (χ2v) is 4.77. The van der Waals surface area contributed by atoms with Crippen molar-refractivity contribution in [3.05, 3.63) is 30.0 Å². The van der Waals surface area contributed by atoms with Gasteiger partial charge in [0.15, 0.2) is 10.8 Å². The number of nitrogens with zero attached hydrogens (tertiary/aromatic N) is 2. The highest BCUT2D eigenvalue weighted by molar-refractivity contribution is 7.80. The third-order valence-electron chi connectivity index (χ3n) is 2.41. The van der Waals surface area contributed by atoms with Gasteiger partial charge < -0.3 is 5.73 Å². The second kappa shape index (κ2) is 5.28. The van der Waals surface area contributed by atoms with E-state index in [0.29, 0.717) is 12.2 Å². The van der Waals surface area contributed by atoms with Gasteiger partial charge in [0, 0.05) is 11.9 Å². The summed E-state index contributed by atoms with van der Waals surface area (Å²) in [6, 6.07) is 7.58. The fraction of sp³-hybridized carbons (Fsp3) is 0.182. The Morgan fingerprint density at radius 1 is 1.56 bits per heavy atom. The maximum atomic E-state index is 12.1. The van der Waals surface area contributed by atoms with Crippen molar-refractivity contribution in [3.63, 3.8) is 0 Å². The zero-order valence-corrected chi connectivity index (χ0v) is 11.3. The summed E-state index contributed by atoms with van der Waals surface area (Å²) in [5, 5.41) is 2.37. The molecule has 2 rings (SSSR count). The molecule has 0 aliphatic carbocycles. The molecule has 1 amide bonds. The smallest absolute Gasteiger partial charge is 0.290 e. The number of thiocarbonyl (C=S) groups is 1. The first-order chi connectivity index (χ1) is 8.63. The van der Waals surface area contributed by atoms with Crippen molar-refractivity contribution in [2.45, 2.75) is 6.92 Å². The highest BCUT2D eigenvalue weighted by Gasteiger charge is 2.16. The summed E-state index contributed by atoms with van der Waals surface area (Å²) in [7, 11) is 0. The number of aromatic nitrogens is 1. The molecule has 18 heavy (non-hydrogen) atoms. The number of hydrogen-bond acceptors (Lipinski definition) is 4. The third kappa shape index (κ3) is 2.41. The summed E-state index contributed by atoms with van der Waals surface area (Å²) in [5.74, 6) is -0.304. The first kappa shape index (κ1) is 12.7. The van der Waals surface area contributed by atoms with Gasteiger partial charge in [0.05, 0.1) is 4.70 Å². The number of hydrogen-bond donors (Lipinski definition) is 2. The number of amides is 1. The zero-order chi connectivity index (χ0) is 13.1. The molecule has 0 atom stereocenters. The van der Waals surface area contributed by atoms with E-state index in [0.717, 1.165) is 10.1 Å². The van der Waals surface area contributed by atoms with Crippen LogP contribution < -0.4 is 11.2 Å². The van der Waals surface area contributed by atoms with E-state index in [-0.39, 0.29) is 11.0 Å². The van der Waals surface area contributed by atoms with Gasteiger partial charge in [0.1, 0.15) is 0 Å². The molecule has 1 heterocycles. The second-order valence-electron chi connectivity index (χ2n) is 3.55. The Balaban J connectivity index is 2.26. The molecule has 1 aromatic heterocycles. The largest absolute Gasteiger partial charge is 0.375 e. The lowest BCUT2D eigenvalue weighted by Crippen LogP contribution is -2.48. The molecule has 3 N–H and O–H groups in total. The predicted octanol–water partition coefficient (Wildman–Crippen LogP) is 1.51. The molecule has 7 heteroatoms. The van der Waals surface area contributed by atoms with Gasteiger partial charge in [-0.25, -0.2) is 0 Å². The summed E-state index contributed by atoms with van der Waals surface area (Å²) >= 11 is 6.12. The number of rotatable bonds is 2. The fourth-order valence-electron chi connectivity index (χ4n) is 1.52. The lowest BCUT2D eigenvalue weighted by atomic mass is 10.2. The first-order valence-corrected chi connectivity index (χ1v) is 6.54. The molecule has 0 saturated heterocycles. The normalized spacial score (nSPS) is 10.3. The van der Waals surface area contributed by atoms with Crippen LogP contribution in [0.5, 0.6) is 0 Å². The average molecular weight is 280 g/mol. The maximum Gasteiger partial charge on any atom is 0.290 e. The molecule has 0 bridgehead atoms. The van der Waals surface area contributed by atoms with Gasteiger partial charge in [-0.2, -0.15) is 4.37 Å². The van der Waals surface area contributed by atoms with E-state index in [1.165, 1.54) is 16.5 Å². The van der Waals surface area contributed by atoms with Gasteiger partial charge in [0.25, 0.3) is 5.91 Å². The molecular weight excluding hydrogens is 268 g/mol. The van der Waals surface area contributed by atoms with Crippen molar-refractivity contribution in [2.75, 3.05) is 6.54 Å². The molecule has 94 valence electrons. The van der Waals surface area contributed by atoms with Crippen molar-refractivity contribution < 1.29 is 4.79 Å².